The molecule has 0 saturated heterocycles. The Kier molecular flexibility index (Phi) is 2.95. The molecule has 116 valence electrons. The zero-order valence-electron chi connectivity index (χ0n) is 13.1. The maximum absolute atomic E-state index is 10.9. The van der Waals surface area contributed by atoms with Gasteiger partial charge in [-0.25, -0.2) is 0 Å². The van der Waals surface area contributed by atoms with Crippen LogP contribution in [0.4, 0.5) is 0 Å². The summed E-state index contributed by atoms with van der Waals surface area (Å²) in [7, 11) is 0. The molecule has 0 fully saturated rings. The minimum absolute atomic E-state index is 0.651. The Morgan fingerprint density at radius 2 is 1.18 bits per heavy atom. The molecule has 2 atom stereocenters. The molecule has 4 aliphatic carbocycles. The summed E-state index contributed by atoms with van der Waals surface area (Å²) in [5.41, 5.74) is 6.75. The lowest BCUT2D eigenvalue weighted by Crippen LogP contribution is -2.27. The van der Waals surface area contributed by atoms with Crippen molar-refractivity contribution in [1.82, 2.24) is 0 Å². The third-order valence-electron chi connectivity index (χ3n) is 6.19. The number of aliphatic hydroxyl groups is 2. The first-order valence-electron chi connectivity index (χ1n) is 8.37. The summed E-state index contributed by atoms with van der Waals surface area (Å²) in [5.74, 6) is 0. The molecule has 2 heteroatoms. The highest BCUT2D eigenvalue weighted by atomic mass is 16.3. The molecule has 4 aliphatic rings. The second-order valence-electron chi connectivity index (χ2n) is 7.27. The van der Waals surface area contributed by atoms with Crippen molar-refractivity contribution in [3.8, 4) is 0 Å². The van der Waals surface area contributed by atoms with Crippen molar-refractivity contribution < 1.29 is 10.2 Å². The van der Waals surface area contributed by atoms with Gasteiger partial charge in [0, 0.05) is 0 Å². The molecule has 22 heavy (non-hydrogen) atoms. The quantitative estimate of drug-likeness (QED) is 0.773. The third-order valence-corrected chi connectivity index (χ3v) is 6.19. The molecule has 0 heterocycles. The van der Waals surface area contributed by atoms with Crippen LogP contribution in [0.3, 0.4) is 0 Å². The zero-order valence-corrected chi connectivity index (χ0v) is 13.1. The predicted molar refractivity (Wildman–Crippen MR) is 88.3 cm³/mol. The van der Waals surface area contributed by atoms with Crippen molar-refractivity contribution in [2.75, 3.05) is 0 Å². The average molecular weight is 296 g/mol. The lowest BCUT2D eigenvalue weighted by molar-refractivity contribution is 0.0799. The van der Waals surface area contributed by atoms with Gasteiger partial charge in [-0.05, 0) is 84.8 Å². The van der Waals surface area contributed by atoms with Gasteiger partial charge in [0.1, 0.15) is 0 Å². The Morgan fingerprint density at radius 3 is 1.55 bits per heavy atom. The molecule has 2 N–H and O–H groups in total. The maximum Gasteiger partial charge on any atom is 0.0903 e. The van der Waals surface area contributed by atoms with E-state index in [-0.39, 0.29) is 0 Å². The van der Waals surface area contributed by atoms with Gasteiger partial charge in [-0.2, -0.15) is 0 Å². The predicted octanol–water partition coefficient (Wildman–Crippen LogP) is 3.89. The highest BCUT2D eigenvalue weighted by Gasteiger charge is 2.49. The van der Waals surface area contributed by atoms with E-state index in [9.17, 15) is 10.2 Å². The molecule has 0 spiro atoms. The second-order valence-corrected chi connectivity index (χ2v) is 7.27. The van der Waals surface area contributed by atoms with Gasteiger partial charge in [-0.15, -0.1) is 13.2 Å². The van der Waals surface area contributed by atoms with Crippen LogP contribution in [0.25, 0.3) is 0 Å². The van der Waals surface area contributed by atoms with Crippen LogP contribution < -0.4 is 0 Å². The normalized spacial score (nSPS) is 36.1. The van der Waals surface area contributed by atoms with Crippen LogP contribution in [0, 0.1) is 0 Å². The van der Waals surface area contributed by atoms with Gasteiger partial charge >= 0.3 is 0 Å². The molecule has 0 aliphatic heterocycles. The first kappa shape index (κ1) is 14.2. The standard InChI is InChI=1S/C20H24O2/c1-3-7-19(21)9-5-13-16-12-18-14(15(16)11-17(13)19)6-10-20(18,22)8-4-2/h3-4,21-22H,1-2,5-12H2/t19-,20+. The van der Waals surface area contributed by atoms with E-state index in [1.165, 1.54) is 33.4 Å². The van der Waals surface area contributed by atoms with Gasteiger partial charge in [-0.3, -0.25) is 0 Å². The molecule has 4 rings (SSSR count). The molecule has 0 saturated carbocycles. The molecule has 0 bridgehead atoms. The summed E-state index contributed by atoms with van der Waals surface area (Å²) >= 11 is 0. The van der Waals surface area contributed by atoms with E-state index in [1.54, 1.807) is 0 Å². The maximum atomic E-state index is 10.9. The monoisotopic (exact) mass is 296 g/mol. The lowest BCUT2D eigenvalue weighted by atomic mass is 9.87. The van der Waals surface area contributed by atoms with Crippen LogP contribution in [0.5, 0.6) is 0 Å². The molecule has 0 aromatic rings. The van der Waals surface area contributed by atoms with Crippen LogP contribution >= 0.6 is 0 Å². The van der Waals surface area contributed by atoms with Crippen LogP contribution in [0.1, 0.15) is 51.4 Å². The first-order valence-corrected chi connectivity index (χ1v) is 8.37. The lowest BCUT2D eigenvalue weighted by Gasteiger charge is -2.26. The van der Waals surface area contributed by atoms with Crippen molar-refractivity contribution in [3.63, 3.8) is 0 Å². The number of hydrogen-bond acceptors (Lipinski definition) is 2. The van der Waals surface area contributed by atoms with Crippen LogP contribution in [-0.4, -0.2) is 21.4 Å². The van der Waals surface area contributed by atoms with Crippen molar-refractivity contribution in [2.24, 2.45) is 0 Å². The fraction of sp³-hybridized carbons (Fsp3) is 0.500. The summed E-state index contributed by atoms with van der Waals surface area (Å²) in [6, 6.07) is 0. The molecular formula is C20H24O2. The highest BCUT2D eigenvalue weighted by Crippen LogP contribution is 2.59. The minimum Gasteiger partial charge on any atom is -0.385 e. The minimum atomic E-state index is -0.668. The molecule has 2 nitrogen and oxygen atoms in total. The SMILES string of the molecule is C=CC[C@@]1(O)CCC2=C1CC1=C2CC2=C1CC[C@@]2(O)CC=C. The van der Waals surface area contributed by atoms with Gasteiger partial charge in [0.25, 0.3) is 0 Å². The molecule has 0 radical (unpaired) electrons. The van der Waals surface area contributed by atoms with Gasteiger partial charge in [-0.1, -0.05) is 12.2 Å². The Hall–Kier alpha value is -1.38. The molecular weight excluding hydrogens is 272 g/mol. The van der Waals surface area contributed by atoms with Crippen LogP contribution in [0.2, 0.25) is 0 Å². The van der Waals surface area contributed by atoms with E-state index in [2.05, 4.69) is 13.2 Å². The second kappa shape index (κ2) is 4.56. The van der Waals surface area contributed by atoms with Crippen molar-refractivity contribution in [1.29, 1.82) is 0 Å². The van der Waals surface area contributed by atoms with E-state index < -0.39 is 11.2 Å². The Morgan fingerprint density at radius 1 is 0.773 bits per heavy atom. The van der Waals surface area contributed by atoms with E-state index in [0.717, 1.165) is 38.5 Å². The Labute approximate surface area is 132 Å². The topological polar surface area (TPSA) is 40.5 Å². The van der Waals surface area contributed by atoms with E-state index in [4.69, 9.17) is 0 Å². The van der Waals surface area contributed by atoms with E-state index in [0.29, 0.717) is 12.8 Å². The number of fused-ring (bicyclic) bond motifs is 2. The summed E-state index contributed by atoms with van der Waals surface area (Å²) < 4.78 is 0. The average Bonchev–Trinajstić information content (AvgIpc) is 3.14. The number of allylic oxidation sites excluding steroid dienone is 4. The van der Waals surface area contributed by atoms with Gasteiger partial charge < -0.3 is 10.2 Å². The third kappa shape index (κ3) is 1.68. The molecule has 0 aromatic carbocycles. The Balaban J connectivity index is 1.65. The van der Waals surface area contributed by atoms with Crippen LogP contribution in [-0.2, 0) is 0 Å². The summed E-state index contributed by atoms with van der Waals surface area (Å²) in [4.78, 5) is 0. The van der Waals surface area contributed by atoms with Gasteiger partial charge in [0.15, 0.2) is 0 Å². The van der Waals surface area contributed by atoms with Crippen molar-refractivity contribution in [2.45, 2.75) is 62.6 Å². The summed E-state index contributed by atoms with van der Waals surface area (Å²) in [6.07, 6.45) is 10.3. The van der Waals surface area contributed by atoms with Crippen molar-refractivity contribution in [3.05, 3.63) is 58.7 Å². The Bertz CT molecular complexity index is 618. The molecule has 0 amide bonds. The smallest absolute Gasteiger partial charge is 0.0903 e. The number of hydrogen-bond donors (Lipinski definition) is 2. The largest absolute Gasteiger partial charge is 0.385 e. The van der Waals surface area contributed by atoms with Crippen LogP contribution in [0.15, 0.2) is 58.7 Å². The van der Waals surface area contributed by atoms with E-state index in [1.807, 2.05) is 12.2 Å². The highest BCUT2D eigenvalue weighted by molar-refractivity contribution is 5.67. The summed E-state index contributed by atoms with van der Waals surface area (Å²) in [6.45, 7) is 7.60. The van der Waals surface area contributed by atoms with E-state index >= 15 is 0 Å². The van der Waals surface area contributed by atoms with Crippen molar-refractivity contribution >= 4 is 0 Å². The molecule has 0 aromatic heterocycles. The van der Waals surface area contributed by atoms with Gasteiger partial charge in [0.2, 0.25) is 0 Å². The zero-order chi connectivity index (χ0) is 15.5. The summed E-state index contributed by atoms with van der Waals surface area (Å²) in [5, 5.41) is 21.8. The van der Waals surface area contributed by atoms with Gasteiger partial charge in [0.05, 0.1) is 11.2 Å². The number of rotatable bonds is 4. The molecule has 0 unspecified atom stereocenters. The first-order chi connectivity index (χ1) is 10.5. The fourth-order valence-electron chi connectivity index (χ4n) is 5.11. The fourth-order valence-corrected chi connectivity index (χ4v) is 5.11.